The van der Waals surface area contributed by atoms with E-state index in [1.165, 1.54) is 0 Å². The summed E-state index contributed by atoms with van der Waals surface area (Å²) in [6, 6.07) is 14.1. The van der Waals surface area contributed by atoms with Crippen molar-refractivity contribution in [1.82, 2.24) is 15.1 Å². The first kappa shape index (κ1) is 17.3. The van der Waals surface area contributed by atoms with Crippen LogP contribution in [0.15, 0.2) is 42.5 Å². The molecule has 1 N–H and O–H groups in total. The van der Waals surface area contributed by atoms with Gasteiger partial charge in [-0.15, -0.1) is 0 Å². The predicted octanol–water partition coefficient (Wildman–Crippen LogP) is 3.51. The molecule has 1 aliphatic heterocycles. The highest BCUT2D eigenvalue weighted by Gasteiger charge is 2.34. The second-order valence-electron chi connectivity index (χ2n) is 6.53. The summed E-state index contributed by atoms with van der Waals surface area (Å²) in [6.45, 7) is 2.73. The fourth-order valence-electron chi connectivity index (χ4n) is 3.82. The third-order valence-electron chi connectivity index (χ3n) is 5.11. The van der Waals surface area contributed by atoms with E-state index < -0.39 is 0 Å². The Morgan fingerprint density at radius 1 is 1.24 bits per heavy atom. The Labute approximate surface area is 148 Å². The molecule has 3 amide bonds. The van der Waals surface area contributed by atoms with E-state index in [0.717, 1.165) is 42.0 Å². The third-order valence-corrected chi connectivity index (χ3v) is 5.11. The van der Waals surface area contributed by atoms with Crippen molar-refractivity contribution in [3.8, 4) is 0 Å². The zero-order valence-electron chi connectivity index (χ0n) is 14.8. The zero-order chi connectivity index (χ0) is 17.8. The van der Waals surface area contributed by atoms with Crippen LogP contribution in [-0.4, -0.2) is 42.0 Å². The number of hydrogen-bond acceptors (Lipinski definition) is 2. The second kappa shape index (κ2) is 7.55. The molecule has 25 heavy (non-hydrogen) atoms. The first-order valence-corrected chi connectivity index (χ1v) is 8.86. The van der Waals surface area contributed by atoms with Crippen LogP contribution >= 0.6 is 0 Å². The number of carbonyl (C=O) groups is 2. The summed E-state index contributed by atoms with van der Waals surface area (Å²) in [5, 5.41) is 5.04. The lowest BCUT2D eigenvalue weighted by molar-refractivity contribution is -0.125. The van der Waals surface area contributed by atoms with Crippen molar-refractivity contribution in [3.05, 3.63) is 48.0 Å². The predicted molar refractivity (Wildman–Crippen MR) is 99.1 cm³/mol. The lowest BCUT2D eigenvalue weighted by Gasteiger charge is -2.43. The van der Waals surface area contributed by atoms with E-state index in [4.69, 9.17) is 0 Å². The smallest absolute Gasteiger partial charge is 0.319 e. The summed E-state index contributed by atoms with van der Waals surface area (Å²) in [4.78, 5) is 27.8. The Bertz CT molecular complexity index is 756. The van der Waals surface area contributed by atoms with Crippen molar-refractivity contribution < 1.29 is 9.59 Å². The maximum atomic E-state index is 12.7. The third kappa shape index (κ3) is 3.31. The van der Waals surface area contributed by atoms with E-state index in [2.05, 4.69) is 29.6 Å². The van der Waals surface area contributed by atoms with Crippen LogP contribution in [0, 0.1) is 0 Å². The molecule has 132 valence electrons. The minimum absolute atomic E-state index is 0.142. The summed E-state index contributed by atoms with van der Waals surface area (Å²) in [7, 11) is 1.64. The molecule has 0 saturated carbocycles. The van der Waals surface area contributed by atoms with Crippen LogP contribution in [0.25, 0.3) is 10.8 Å². The number of piperidine rings is 1. The van der Waals surface area contributed by atoms with E-state index in [1.807, 2.05) is 30.0 Å². The van der Waals surface area contributed by atoms with E-state index in [0.29, 0.717) is 6.54 Å². The number of urea groups is 1. The fourth-order valence-corrected chi connectivity index (χ4v) is 3.82. The molecule has 2 atom stereocenters. The fraction of sp³-hybridized carbons (Fsp3) is 0.400. The highest BCUT2D eigenvalue weighted by molar-refractivity contribution is 5.86. The van der Waals surface area contributed by atoms with Crippen LogP contribution in [0.1, 0.15) is 37.8 Å². The minimum Gasteiger partial charge on any atom is -0.341 e. The van der Waals surface area contributed by atoms with Crippen LogP contribution in [0.3, 0.4) is 0 Å². The molecule has 5 nitrogen and oxygen atoms in total. The van der Waals surface area contributed by atoms with Gasteiger partial charge in [-0.25, -0.2) is 4.79 Å². The van der Waals surface area contributed by atoms with Crippen LogP contribution in [0.2, 0.25) is 0 Å². The molecule has 0 aliphatic carbocycles. The lowest BCUT2D eigenvalue weighted by Crippen LogP contribution is -2.55. The van der Waals surface area contributed by atoms with Crippen molar-refractivity contribution in [2.45, 2.75) is 38.4 Å². The number of likely N-dealkylation sites (tertiary alicyclic amines) is 1. The molecule has 0 radical (unpaired) electrons. The molecule has 2 aromatic carbocycles. The number of hydrogen-bond donors (Lipinski definition) is 1. The van der Waals surface area contributed by atoms with Crippen molar-refractivity contribution in [2.75, 3.05) is 13.6 Å². The number of nitrogens with zero attached hydrogens (tertiary/aromatic N) is 2. The SMILES string of the molecule is CNC(=O)N(C(C)c1cccc2ccccc12)C1CCCCN1C=O. The van der Waals surface area contributed by atoms with Crippen LogP contribution in [-0.2, 0) is 4.79 Å². The molecule has 1 fully saturated rings. The molecule has 1 heterocycles. The summed E-state index contributed by atoms with van der Waals surface area (Å²) >= 11 is 0. The number of carbonyl (C=O) groups excluding carboxylic acids is 2. The molecule has 3 rings (SSSR count). The Hall–Kier alpha value is -2.56. The molecule has 0 bridgehead atoms. The van der Waals surface area contributed by atoms with E-state index in [-0.39, 0.29) is 18.2 Å². The molecular formula is C20H25N3O2. The van der Waals surface area contributed by atoms with Gasteiger partial charge in [0.1, 0.15) is 6.17 Å². The Kier molecular flexibility index (Phi) is 5.22. The van der Waals surface area contributed by atoms with Gasteiger partial charge in [-0.3, -0.25) is 9.69 Å². The van der Waals surface area contributed by atoms with Crippen LogP contribution in [0.5, 0.6) is 0 Å². The minimum atomic E-state index is -0.208. The number of nitrogens with one attached hydrogen (secondary N) is 1. The van der Waals surface area contributed by atoms with Gasteiger partial charge in [0.15, 0.2) is 0 Å². The standard InChI is InChI=1S/C20H25N3O2/c1-15(17-11-7-9-16-8-3-4-10-18(16)17)23(20(25)21-2)19-12-5-6-13-22(19)14-24/h3-4,7-11,14-15,19H,5-6,12-13H2,1-2H3,(H,21,25). The quantitative estimate of drug-likeness (QED) is 0.867. The molecule has 0 spiro atoms. The number of amides is 3. The number of rotatable bonds is 4. The first-order valence-electron chi connectivity index (χ1n) is 8.86. The van der Waals surface area contributed by atoms with Gasteiger partial charge in [-0.1, -0.05) is 42.5 Å². The van der Waals surface area contributed by atoms with Crippen LogP contribution < -0.4 is 5.32 Å². The molecular weight excluding hydrogens is 314 g/mol. The Morgan fingerprint density at radius 2 is 2.00 bits per heavy atom. The molecule has 5 heteroatoms. The molecule has 1 saturated heterocycles. The average molecular weight is 339 g/mol. The molecule has 1 aliphatic rings. The number of fused-ring (bicyclic) bond motifs is 1. The Morgan fingerprint density at radius 3 is 2.76 bits per heavy atom. The summed E-state index contributed by atoms with van der Waals surface area (Å²) in [5.41, 5.74) is 1.10. The van der Waals surface area contributed by atoms with Gasteiger partial charge in [0.2, 0.25) is 6.41 Å². The number of benzene rings is 2. The van der Waals surface area contributed by atoms with Crippen molar-refractivity contribution >= 4 is 23.2 Å². The van der Waals surface area contributed by atoms with Crippen molar-refractivity contribution in [3.63, 3.8) is 0 Å². The monoisotopic (exact) mass is 339 g/mol. The van der Waals surface area contributed by atoms with E-state index in [1.54, 1.807) is 11.9 Å². The van der Waals surface area contributed by atoms with Crippen LogP contribution in [0.4, 0.5) is 4.79 Å². The summed E-state index contributed by atoms with van der Waals surface area (Å²) in [5.74, 6) is 0. The molecule has 2 aromatic rings. The molecule has 2 unspecified atom stereocenters. The zero-order valence-corrected chi connectivity index (χ0v) is 14.8. The normalized spacial score (nSPS) is 18.6. The summed E-state index contributed by atoms with van der Waals surface area (Å²) in [6.07, 6.45) is 3.47. The van der Waals surface area contributed by atoms with Crippen molar-refractivity contribution in [1.29, 1.82) is 0 Å². The summed E-state index contributed by atoms with van der Waals surface area (Å²) < 4.78 is 0. The first-order chi connectivity index (χ1) is 12.2. The lowest BCUT2D eigenvalue weighted by atomic mass is 9.97. The largest absolute Gasteiger partial charge is 0.341 e. The van der Waals surface area contributed by atoms with Gasteiger partial charge < -0.3 is 10.2 Å². The second-order valence-corrected chi connectivity index (χ2v) is 6.53. The van der Waals surface area contributed by atoms with Crippen molar-refractivity contribution in [2.24, 2.45) is 0 Å². The van der Waals surface area contributed by atoms with Gasteiger partial charge in [0.25, 0.3) is 0 Å². The van der Waals surface area contributed by atoms with Gasteiger partial charge in [-0.05, 0) is 42.5 Å². The van der Waals surface area contributed by atoms with Gasteiger partial charge in [0, 0.05) is 13.6 Å². The highest BCUT2D eigenvalue weighted by atomic mass is 16.2. The van der Waals surface area contributed by atoms with Gasteiger partial charge >= 0.3 is 6.03 Å². The Balaban J connectivity index is 2.03. The maximum Gasteiger partial charge on any atom is 0.319 e. The molecule has 0 aromatic heterocycles. The van der Waals surface area contributed by atoms with E-state index >= 15 is 0 Å². The maximum absolute atomic E-state index is 12.7. The topological polar surface area (TPSA) is 52.7 Å². The highest BCUT2D eigenvalue weighted by Crippen LogP contribution is 2.32. The van der Waals surface area contributed by atoms with Gasteiger partial charge in [-0.2, -0.15) is 0 Å². The van der Waals surface area contributed by atoms with E-state index in [9.17, 15) is 9.59 Å². The average Bonchev–Trinajstić information content (AvgIpc) is 2.67. The van der Waals surface area contributed by atoms with Gasteiger partial charge in [0.05, 0.1) is 6.04 Å².